The van der Waals surface area contributed by atoms with Crippen LogP contribution in [0.5, 0.6) is 5.75 Å². The first kappa shape index (κ1) is 13.5. The summed E-state index contributed by atoms with van der Waals surface area (Å²) in [4.78, 5) is 21.6. The summed E-state index contributed by atoms with van der Waals surface area (Å²) in [6.45, 7) is 1.02. The summed E-state index contributed by atoms with van der Waals surface area (Å²) in [7, 11) is 0. The van der Waals surface area contributed by atoms with Gasteiger partial charge >= 0.3 is 18.4 Å². The van der Waals surface area contributed by atoms with E-state index in [1.807, 2.05) is 0 Å². The van der Waals surface area contributed by atoms with Gasteiger partial charge in [-0.25, -0.2) is 0 Å². The molecular formula is C11H11BrO5. The van der Waals surface area contributed by atoms with Gasteiger partial charge in [-0.2, -0.15) is 0 Å². The fraction of sp³-hybridized carbons (Fsp3) is 0.273. The highest BCUT2D eigenvalue weighted by Gasteiger charge is 2.16. The van der Waals surface area contributed by atoms with E-state index in [0.717, 1.165) is 4.47 Å². The molecule has 0 unspecified atom stereocenters. The van der Waals surface area contributed by atoms with Crippen molar-refractivity contribution in [3.8, 4) is 5.75 Å². The SMILES string of the molecule is CC(=O)OC(OC(C)=O)Oc1ccc(Br)cc1. The van der Waals surface area contributed by atoms with Crippen LogP contribution in [0.1, 0.15) is 13.8 Å². The monoisotopic (exact) mass is 302 g/mol. The Balaban J connectivity index is 2.67. The number of ether oxygens (including phenoxy) is 3. The average molecular weight is 303 g/mol. The molecule has 17 heavy (non-hydrogen) atoms. The maximum Gasteiger partial charge on any atom is 0.410 e. The molecule has 0 aliphatic rings. The molecule has 1 rings (SSSR count). The molecule has 5 nitrogen and oxygen atoms in total. The minimum atomic E-state index is -1.37. The normalized spacial score (nSPS) is 9.88. The van der Waals surface area contributed by atoms with Crippen LogP contribution in [0.4, 0.5) is 0 Å². The van der Waals surface area contributed by atoms with Crippen LogP contribution < -0.4 is 4.74 Å². The molecule has 0 spiro atoms. The first-order valence-electron chi connectivity index (χ1n) is 4.74. The van der Waals surface area contributed by atoms with Crippen molar-refractivity contribution in [2.24, 2.45) is 0 Å². The van der Waals surface area contributed by atoms with E-state index in [1.54, 1.807) is 24.3 Å². The predicted molar refractivity (Wildman–Crippen MR) is 62.1 cm³/mol. The summed E-state index contributed by atoms with van der Waals surface area (Å²) in [6, 6.07) is 6.77. The first-order chi connectivity index (χ1) is 7.97. The van der Waals surface area contributed by atoms with E-state index >= 15 is 0 Å². The van der Waals surface area contributed by atoms with E-state index in [9.17, 15) is 9.59 Å². The quantitative estimate of drug-likeness (QED) is 0.630. The molecule has 1 aromatic rings. The van der Waals surface area contributed by atoms with Gasteiger partial charge in [0.15, 0.2) is 0 Å². The van der Waals surface area contributed by atoms with Gasteiger partial charge in [0.25, 0.3) is 0 Å². The predicted octanol–water partition coefficient (Wildman–Crippen LogP) is 2.24. The minimum Gasteiger partial charge on any atom is -0.423 e. The number of hydrogen-bond acceptors (Lipinski definition) is 5. The molecular weight excluding hydrogens is 292 g/mol. The van der Waals surface area contributed by atoms with Crippen molar-refractivity contribution in [2.75, 3.05) is 0 Å². The van der Waals surface area contributed by atoms with Crippen molar-refractivity contribution >= 4 is 27.9 Å². The molecule has 0 saturated heterocycles. The smallest absolute Gasteiger partial charge is 0.410 e. The molecule has 6 heteroatoms. The molecule has 0 fully saturated rings. The van der Waals surface area contributed by atoms with Crippen LogP contribution >= 0.6 is 15.9 Å². The van der Waals surface area contributed by atoms with Gasteiger partial charge in [-0.15, -0.1) is 0 Å². The number of benzene rings is 1. The number of carbonyl (C=O) groups excluding carboxylic acids is 2. The van der Waals surface area contributed by atoms with E-state index in [1.165, 1.54) is 13.8 Å². The number of rotatable bonds is 4. The van der Waals surface area contributed by atoms with Gasteiger partial charge in [-0.1, -0.05) is 15.9 Å². The Morgan fingerprint density at radius 2 is 1.53 bits per heavy atom. The summed E-state index contributed by atoms with van der Waals surface area (Å²) >= 11 is 3.27. The van der Waals surface area contributed by atoms with Crippen LogP contribution in [-0.2, 0) is 19.1 Å². The molecule has 0 N–H and O–H groups in total. The lowest BCUT2D eigenvalue weighted by Crippen LogP contribution is -2.28. The van der Waals surface area contributed by atoms with Crippen molar-refractivity contribution in [3.63, 3.8) is 0 Å². The summed E-state index contributed by atoms with van der Waals surface area (Å²) < 4.78 is 15.4. The Kier molecular flexibility index (Phi) is 4.96. The van der Waals surface area contributed by atoms with E-state index in [-0.39, 0.29) is 0 Å². The van der Waals surface area contributed by atoms with E-state index in [0.29, 0.717) is 5.75 Å². The summed E-state index contributed by atoms with van der Waals surface area (Å²) in [5, 5.41) is 0. The topological polar surface area (TPSA) is 61.8 Å². The largest absolute Gasteiger partial charge is 0.423 e. The van der Waals surface area contributed by atoms with Crippen molar-refractivity contribution in [3.05, 3.63) is 28.7 Å². The summed E-state index contributed by atoms with van der Waals surface area (Å²) in [5.74, 6) is -0.789. The summed E-state index contributed by atoms with van der Waals surface area (Å²) in [6.07, 6.45) is 0. The fourth-order valence-electron chi connectivity index (χ4n) is 0.967. The second-order valence-corrected chi connectivity index (χ2v) is 3.99. The fourth-order valence-corrected chi connectivity index (χ4v) is 1.23. The van der Waals surface area contributed by atoms with Crippen molar-refractivity contribution in [2.45, 2.75) is 20.3 Å². The number of carbonyl (C=O) groups is 2. The molecule has 0 aliphatic carbocycles. The third kappa shape index (κ3) is 5.35. The lowest BCUT2D eigenvalue weighted by Gasteiger charge is -2.17. The Bertz CT molecular complexity index is 385. The molecule has 0 heterocycles. The number of halogens is 1. The zero-order chi connectivity index (χ0) is 12.8. The van der Waals surface area contributed by atoms with E-state index < -0.39 is 18.4 Å². The zero-order valence-corrected chi connectivity index (χ0v) is 10.9. The maximum atomic E-state index is 10.8. The zero-order valence-electron chi connectivity index (χ0n) is 9.31. The third-order valence-electron chi connectivity index (χ3n) is 1.57. The molecule has 0 atom stereocenters. The minimum absolute atomic E-state index is 0.417. The highest BCUT2D eigenvalue weighted by atomic mass is 79.9. The standard InChI is InChI=1S/C11H11BrO5/c1-7(13)15-11(16-8(2)14)17-10-5-3-9(12)4-6-10/h3-6,11H,1-2H3. The van der Waals surface area contributed by atoms with E-state index in [2.05, 4.69) is 25.4 Å². The second-order valence-electron chi connectivity index (χ2n) is 3.08. The van der Waals surface area contributed by atoms with Crippen LogP contribution in [0, 0.1) is 0 Å². The van der Waals surface area contributed by atoms with Crippen LogP contribution in [0.3, 0.4) is 0 Å². The van der Waals surface area contributed by atoms with Gasteiger partial charge in [-0.3, -0.25) is 9.59 Å². The lowest BCUT2D eigenvalue weighted by atomic mass is 10.3. The number of esters is 2. The van der Waals surface area contributed by atoms with Crippen molar-refractivity contribution in [1.29, 1.82) is 0 Å². The lowest BCUT2D eigenvalue weighted by molar-refractivity contribution is -0.232. The Morgan fingerprint density at radius 1 is 1.06 bits per heavy atom. The van der Waals surface area contributed by atoms with Gasteiger partial charge in [-0.05, 0) is 24.3 Å². The van der Waals surface area contributed by atoms with E-state index in [4.69, 9.17) is 4.74 Å². The molecule has 0 amide bonds. The molecule has 1 aromatic carbocycles. The van der Waals surface area contributed by atoms with Crippen molar-refractivity contribution in [1.82, 2.24) is 0 Å². The molecule has 0 bridgehead atoms. The Hall–Kier alpha value is -1.56. The number of hydrogen-bond donors (Lipinski definition) is 0. The second kappa shape index (κ2) is 6.24. The maximum absolute atomic E-state index is 10.8. The molecule has 0 aromatic heterocycles. The van der Waals surface area contributed by atoms with Gasteiger partial charge in [0, 0.05) is 18.3 Å². The third-order valence-corrected chi connectivity index (χ3v) is 2.10. The van der Waals surface area contributed by atoms with Gasteiger partial charge in [0.05, 0.1) is 0 Å². The first-order valence-corrected chi connectivity index (χ1v) is 5.53. The molecule has 92 valence electrons. The highest BCUT2D eigenvalue weighted by Crippen LogP contribution is 2.18. The van der Waals surface area contributed by atoms with Gasteiger partial charge in [0.2, 0.25) is 0 Å². The van der Waals surface area contributed by atoms with Crippen LogP contribution in [0.25, 0.3) is 0 Å². The average Bonchev–Trinajstić information content (AvgIpc) is 2.19. The Morgan fingerprint density at radius 3 is 1.94 bits per heavy atom. The molecule has 0 saturated carbocycles. The Labute approximate surface area is 107 Å². The van der Waals surface area contributed by atoms with Crippen molar-refractivity contribution < 1.29 is 23.8 Å². The van der Waals surface area contributed by atoms with Gasteiger partial charge < -0.3 is 14.2 Å². The van der Waals surface area contributed by atoms with Crippen LogP contribution in [0.15, 0.2) is 28.7 Å². The van der Waals surface area contributed by atoms with Crippen LogP contribution in [0.2, 0.25) is 0 Å². The molecule has 0 aliphatic heterocycles. The van der Waals surface area contributed by atoms with Gasteiger partial charge in [0.1, 0.15) is 5.75 Å². The summed E-state index contributed by atoms with van der Waals surface area (Å²) in [5.41, 5.74) is 0. The van der Waals surface area contributed by atoms with Crippen LogP contribution in [-0.4, -0.2) is 18.4 Å². The molecule has 0 radical (unpaired) electrons. The highest BCUT2D eigenvalue weighted by molar-refractivity contribution is 9.10.